The number of nitrogens with one attached hydrogen (secondary N) is 1. The second-order valence-electron chi connectivity index (χ2n) is 5.02. The van der Waals surface area contributed by atoms with Crippen LogP contribution in [0.15, 0.2) is 65.4 Å². The van der Waals surface area contributed by atoms with E-state index < -0.39 is 0 Å². The molecule has 1 heterocycles. The molecular formula is C17H13BrClN3O. The minimum atomic E-state index is -0.173. The molecule has 23 heavy (non-hydrogen) atoms. The summed E-state index contributed by atoms with van der Waals surface area (Å²) in [5, 5.41) is 7.78. The Balaban J connectivity index is 1.68. The fourth-order valence-electron chi connectivity index (χ4n) is 2.17. The fraction of sp³-hybridized carbons (Fsp3) is 0.0588. The first-order chi connectivity index (χ1) is 11.1. The molecule has 0 atom stereocenters. The van der Waals surface area contributed by atoms with Crippen molar-refractivity contribution in [2.75, 3.05) is 5.32 Å². The van der Waals surface area contributed by atoms with Crippen molar-refractivity contribution in [1.29, 1.82) is 0 Å². The van der Waals surface area contributed by atoms with E-state index >= 15 is 0 Å². The van der Waals surface area contributed by atoms with E-state index in [9.17, 15) is 4.79 Å². The smallest absolute Gasteiger partial charge is 0.255 e. The number of hydrogen-bond donors (Lipinski definition) is 1. The van der Waals surface area contributed by atoms with Crippen LogP contribution in [0.4, 0.5) is 5.69 Å². The first-order valence-electron chi connectivity index (χ1n) is 6.94. The van der Waals surface area contributed by atoms with Crippen LogP contribution in [-0.4, -0.2) is 15.7 Å². The van der Waals surface area contributed by atoms with Gasteiger partial charge in [0.05, 0.1) is 18.4 Å². The van der Waals surface area contributed by atoms with Gasteiger partial charge < -0.3 is 5.32 Å². The van der Waals surface area contributed by atoms with Gasteiger partial charge in [-0.2, -0.15) is 5.10 Å². The number of amides is 1. The standard InChI is InChI=1S/C17H13BrClN3O/c18-14-5-2-4-13(8-14)17(23)21-16-9-20-22(11-16)10-12-3-1-6-15(19)7-12/h1-9,11H,10H2,(H,21,23). The quantitative estimate of drug-likeness (QED) is 0.708. The molecule has 0 aliphatic heterocycles. The zero-order valence-electron chi connectivity index (χ0n) is 12.0. The largest absolute Gasteiger partial charge is 0.319 e. The van der Waals surface area contributed by atoms with Gasteiger partial charge in [-0.15, -0.1) is 0 Å². The van der Waals surface area contributed by atoms with E-state index in [0.717, 1.165) is 10.0 Å². The van der Waals surface area contributed by atoms with Gasteiger partial charge in [0.15, 0.2) is 0 Å². The number of carbonyl (C=O) groups excluding carboxylic acids is 1. The molecule has 0 radical (unpaired) electrons. The average molecular weight is 391 g/mol. The van der Waals surface area contributed by atoms with Gasteiger partial charge in [-0.1, -0.05) is 45.7 Å². The van der Waals surface area contributed by atoms with Gasteiger partial charge in [-0.3, -0.25) is 9.48 Å². The topological polar surface area (TPSA) is 46.9 Å². The molecule has 6 heteroatoms. The van der Waals surface area contributed by atoms with Crippen molar-refractivity contribution >= 4 is 39.1 Å². The van der Waals surface area contributed by atoms with Gasteiger partial charge in [-0.25, -0.2) is 0 Å². The molecule has 0 fully saturated rings. The fourth-order valence-corrected chi connectivity index (χ4v) is 2.78. The maximum absolute atomic E-state index is 12.2. The summed E-state index contributed by atoms with van der Waals surface area (Å²) in [7, 11) is 0. The van der Waals surface area contributed by atoms with E-state index in [4.69, 9.17) is 11.6 Å². The van der Waals surface area contributed by atoms with Gasteiger partial charge in [0.1, 0.15) is 0 Å². The molecule has 0 unspecified atom stereocenters. The normalized spacial score (nSPS) is 10.5. The Hall–Kier alpha value is -2.11. The highest BCUT2D eigenvalue weighted by Crippen LogP contribution is 2.15. The number of rotatable bonds is 4. The zero-order valence-corrected chi connectivity index (χ0v) is 14.4. The summed E-state index contributed by atoms with van der Waals surface area (Å²) in [6.45, 7) is 0.591. The third-order valence-electron chi connectivity index (χ3n) is 3.21. The summed E-state index contributed by atoms with van der Waals surface area (Å²) in [6, 6.07) is 14.8. The number of aromatic nitrogens is 2. The number of benzene rings is 2. The van der Waals surface area contributed by atoms with E-state index in [2.05, 4.69) is 26.3 Å². The van der Waals surface area contributed by atoms with Crippen LogP contribution in [0.3, 0.4) is 0 Å². The Labute approximate surface area is 147 Å². The maximum Gasteiger partial charge on any atom is 0.255 e. The van der Waals surface area contributed by atoms with Crippen LogP contribution in [-0.2, 0) is 6.54 Å². The minimum Gasteiger partial charge on any atom is -0.319 e. The predicted octanol–water partition coefficient (Wildman–Crippen LogP) is 4.60. The number of anilines is 1. The Kier molecular flexibility index (Phi) is 4.79. The minimum absolute atomic E-state index is 0.173. The monoisotopic (exact) mass is 389 g/mol. The van der Waals surface area contributed by atoms with E-state index in [0.29, 0.717) is 22.8 Å². The van der Waals surface area contributed by atoms with Crippen molar-refractivity contribution < 1.29 is 4.79 Å². The molecule has 0 spiro atoms. The molecule has 0 saturated heterocycles. The molecule has 1 N–H and O–H groups in total. The molecule has 0 bridgehead atoms. The predicted molar refractivity (Wildman–Crippen MR) is 94.9 cm³/mol. The molecule has 0 aliphatic carbocycles. The molecule has 0 aliphatic rings. The summed E-state index contributed by atoms with van der Waals surface area (Å²) in [4.78, 5) is 12.2. The molecular weight excluding hydrogens is 378 g/mol. The number of halogens is 2. The Bertz CT molecular complexity index is 847. The lowest BCUT2D eigenvalue weighted by Crippen LogP contribution is -2.11. The van der Waals surface area contributed by atoms with Gasteiger partial charge in [-0.05, 0) is 35.9 Å². The average Bonchev–Trinajstić information content (AvgIpc) is 2.94. The lowest BCUT2D eigenvalue weighted by atomic mass is 10.2. The Morgan fingerprint density at radius 1 is 1.22 bits per heavy atom. The van der Waals surface area contributed by atoms with Gasteiger partial charge in [0.2, 0.25) is 0 Å². The number of nitrogens with zero attached hydrogens (tertiary/aromatic N) is 2. The Morgan fingerprint density at radius 2 is 2.04 bits per heavy atom. The molecule has 1 amide bonds. The molecule has 2 aromatic carbocycles. The second kappa shape index (κ2) is 6.98. The summed E-state index contributed by atoms with van der Waals surface area (Å²) in [6.07, 6.45) is 3.41. The summed E-state index contributed by atoms with van der Waals surface area (Å²) in [5.74, 6) is -0.173. The van der Waals surface area contributed by atoms with Crippen molar-refractivity contribution in [3.05, 3.63) is 81.5 Å². The maximum atomic E-state index is 12.2. The van der Waals surface area contributed by atoms with Crippen molar-refractivity contribution in [3.63, 3.8) is 0 Å². The SMILES string of the molecule is O=C(Nc1cnn(Cc2cccc(Cl)c2)c1)c1cccc(Br)c1. The first-order valence-corrected chi connectivity index (χ1v) is 8.11. The van der Waals surface area contributed by atoms with Crippen molar-refractivity contribution in [3.8, 4) is 0 Å². The molecule has 3 rings (SSSR count). The number of hydrogen-bond acceptors (Lipinski definition) is 2. The van der Waals surface area contributed by atoms with E-state index in [-0.39, 0.29) is 5.91 Å². The second-order valence-corrected chi connectivity index (χ2v) is 6.37. The van der Waals surface area contributed by atoms with E-state index in [1.54, 1.807) is 29.2 Å². The van der Waals surface area contributed by atoms with E-state index in [1.165, 1.54) is 0 Å². The third kappa shape index (κ3) is 4.21. The highest BCUT2D eigenvalue weighted by molar-refractivity contribution is 9.10. The van der Waals surface area contributed by atoms with Crippen LogP contribution in [0, 0.1) is 0 Å². The Morgan fingerprint density at radius 3 is 2.83 bits per heavy atom. The lowest BCUT2D eigenvalue weighted by molar-refractivity contribution is 0.102. The van der Waals surface area contributed by atoms with Crippen LogP contribution < -0.4 is 5.32 Å². The molecule has 1 aromatic heterocycles. The van der Waals surface area contributed by atoms with Gasteiger partial charge in [0, 0.05) is 21.3 Å². The van der Waals surface area contributed by atoms with Crippen molar-refractivity contribution in [2.24, 2.45) is 0 Å². The van der Waals surface area contributed by atoms with Crippen LogP contribution in [0.5, 0.6) is 0 Å². The van der Waals surface area contributed by atoms with Crippen molar-refractivity contribution in [1.82, 2.24) is 9.78 Å². The van der Waals surface area contributed by atoms with Crippen LogP contribution in [0.1, 0.15) is 15.9 Å². The van der Waals surface area contributed by atoms with Crippen LogP contribution in [0.2, 0.25) is 5.02 Å². The molecule has 116 valence electrons. The highest BCUT2D eigenvalue weighted by Gasteiger charge is 2.08. The summed E-state index contributed by atoms with van der Waals surface area (Å²) < 4.78 is 2.61. The summed E-state index contributed by atoms with van der Waals surface area (Å²) >= 11 is 9.33. The van der Waals surface area contributed by atoms with Gasteiger partial charge in [0.25, 0.3) is 5.91 Å². The molecule has 0 saturated carbocycles. The zero-order chi connectivity index (χ0) is 16.2. The molecule has 4 nitrogen and oxygen atoms in total. The van der Waals surface area contributed by atoms with Gasteiger partial charge >= 0.3 is 0 Å². The van der Waals surface area contributed by atoms with Crippen molar-refractivity contribution in [2.45, 2.75) is 6.54 Å². The number of carbonyl (C=O) groups is 1. The highest BCUT2D eigenvalue weighted by atomic mass is 79.9. The van der Waals surface area contributed by atoms with Crippen LogP contribution in [0.25, 0.3) is 0 Å². The lowest BCUT2D eigenvalue weighted by Gasteiger charge is -2.03. The van der Waals surface area contributed by atoms with Crippen LogP contribution >= 0.6 is 27.5 Å². The van der Waals surface area contributed by atoms with E-state index in [1.807, 2.05) is 36.4 Å². The third-order valence-corrected chi connectivity index (χ3v) is 3.94. The first kappa shape index (κ1) is 15.8. The summed E-state index contributed by atoms with van der Waals surface area (Å²) in [5.41, 5.74) is 2.28. The molecule has 3 aromatic rings.